The summed E-state index contributed by atoms with van der Waals surface area (Å²) < 4.78 is 26.1. The van der Waals surface area contributed by atoms with Crippen molar-refractivity contribution in [2.75, 3.05) is 11.9 Å². The Hall–Kier alpha value is -0.480. The van der Waals surface area contributed by atoms with Crippen LogP contribution >= 0.6 is 15.9 Å². The van der Waals surface area contributed by atoms with Gasteiger partial charge in [0.25, 0.3) is 0 Å². The molecular formula is C13H18BrF2N. The Bertz CT molecular complexity index is 331. The number of nitrogens with one attached hydrogen (secondary N) is 1. The third kappa shape index (κ3) is 5.59. The zero-order valence-corrected chi connectivity index (χ0v) is 11.4. The number of unbranched alkanes of at least 4 members (excludes halogenated alkanes) is 3. The van der Waals surface area contributed by atoms with Crippen LogP contribution in [0.15, 0.2) is 18.2 Å². The number of halogens is 3. The van der Waals surface area contributed by atoms with Crippen molar-refractivity contribution >= 4 is 15.9 Å². The molecule has 0 unspecified atom stereocenters. The van der Waals surface area contributed by atoms with Gasteiger partial charge < -0.3 is 5.32 Å². The highest BCUT2D eigenvalue weighted by atomic mass is 79.9. The molecule has 0 heterocycles. The predicted octanol–water partition coefficient (Wildman–Crippen LogP) is 4.01. The van der Waals surface area contributed by atoms with Gasteiger partial charge in [0.1, 0.15) is 0 Å². The Kier molecular flexibility index (Phi) is 7.37. The van der Waals surface area contributed by atoms with Crippen molar-refractivity contribution in [3.63, 3.8) is 0 Å². The first-order valence-electron chi connectivity index (χ1n) is 5.95. The van der Waals surface area contributed by atoms with Gasteiger partial charge in [0.05, 0.1) is 0 Å². The van der Waals surface area contributed by atoms with Crippen LogP contribution in [0.5, 0.6) is 0 Å². The van der Waals surface area contributed by atoms with Crippen LogP contribution in [0.25, 0.3) is 0 Å². The summed E-state index contributed by atoms with van der Waals surface area (Å²) in [5.41, 5.74) is 0.394. The van der Waals surface area contributed by atoms with Crippen molar-refractivity contribution in [1.29, 1.82) is 0 Å². The maximum Gasteiger partial charge on any atom is 0.163 e. The molecule has 0 aliphatic carbocycles. The quantitative estimate of drug-likeness (QED) is 0.565. The molecule has 0 aliphatic rings. The van der Waals surface area contributed by atoms with E-state index < -0.39 is 11.6 Å². The van der Waals surface area contributed by atoms with Gasteiger partial charge in [-0.2, -0.15) is 0 Å². The first-order valence-corrected chi connectivity index (χ1v) is 7.07. The Labute approximate surface area is 110 Å². The maximum atomic E-state index is 13.3. The number of benzene rings is 1. The molecule has 1 N–H and O–H groups in total. The summed E-state index contributed by atoms with van der Waals surface area (Å²) in [6.07, 6.45) is 4.65. The van der Waals surface area contributed by atoms with E-state index in [1.165, 1.54) is 25.3 Å². The van der Waals surface area contributed by atoms with Gasteiger partial charge in [-0.3, -0.25) is 0 Å². The molecule has 0 aliphatic heterocycles. The van der Waals surface area contributed by atoms with E-state index in [2.05, 4.69) is 21.2 Å². The minimum Gasteiger partial charge on any atom is -0.313 e. The van der Waals surface area contributed by atoms with Crippen molar-refractivity contribution in [3.8, 4) is 0 Å². The lowest BCUT2D eigenvalue weighted by Crippen LogP contribution is -2.16. The van der Waals surface area contributed by atoms with Gasteiger partial charge in [0, 0.05) is 17.4 Å². The molecule has 96 valence electrons. The normalized spacial score (nSPS) is 10.8. The second-order valence-electron chi connectivity index (χ2n) is 3.99. The summed E-state index contributed by atoms with van der Waals surface area (Å²) in [6, 6.07) is 4.28. The van der Waals surface area contributed by atoms with E-state index in [-0.39, 0.29) is 0 Å². The molecule has 17 heavy (non-hydrogen) atoms. The van der Waals surface area contributed by atoms with Crippen LogP contribution in [0.2, 0.25) is 0 Å². The smallest absolute Gasteiger partial charge is 0.163 e. The van der Waals surface area contributed by atoms with Crippen LogP contribution < -0.4 is 5.32 Å². The van der Waals surface area contributed by atoms with Gasteiger partial charge in [-0.15, -0.1) is 0 Å². The van der Waals surface area contributed by atoms with Gasteiger partial charge in [0.2, 0.25) is 0 Å². The lowest BCUT2D eigenvalue weighted by Gasteiger charge is -2.06. The number of rotatable bonds is 8. The molecule has 0 saturated heterocycles. The molecule has 0 aromatic heterocycles. The molecule has 0 bridgehead atoms. The monoisotopic (exact) mass is 305 g/mol. The molecular weight excluding hydrogens is 288 g/mol. The van der Waals surface area contributed by atoms with E-state index in [9.17, 15) is 8.78 Å². The van der Waals surface area contributed by atoms with E-state index in [0.717, 1.165) is 24.4 Å². The molecule has 4 heteroatoms. The third-order valence-corrected chi connectivity index (χ3v) is 3.14. The van der Waals surface area contributed by atoms with Crippen molar-refractivity contribution in [2.45, 2.75) is 32.2 Å². The zero-order valence-electron chi connectivity index (χ0n) is 9.82. The molecule has 1 nitrogen and oxygen atoms in total. The van der Waals surface area contributed by atoms with Crippen LogP contribution in [0.1, 0.15) is 31.2 Å². The Morgan fingerprint density at radius 3 is 2.59 bits per heavy atom. The third-order valence-electron chi connectivity index (χ3n) is 2.58. The Morgan fingerprint density at radius 2 is 1.82 bits per heavy atom. The maximum absolute atomic E-state index is 13.3. The van der Waals surface area contributed by atoms with E-state index in [1.54, 1.807) is 6.07 Å². The summed E-state index contributed by atoms with van der Waals surface area (Å²) in [5, 5.41) is 4.18. The summed E-state index contributed by atoms with van der Waals surface area (Å²) in [5.74, 6) is -1.51. The van der Waals surface area contributed by atoms with Crippen molar-refractivity contribution in [3.05, 3.63) is 35.4 Å². The van der Waals surface area contributed by atoms with Crippen LogP contribution in [0.3, 0.4) is 0 Å². The van der Waals surface area contributed by atoms with Crippen molar-refractivity contribution in [1.82, 2.24) is 5.32 Å². The molecule has 0 amide bonds. The first-order chi connectivity index (χ1) is 8.25. The topological polar surface area (TPSA) is 12.0 Å². The summed E-state index contributed by atoms with van der Waals surface area (Å²) in [4.78, 5) is 0. The summed E-state index contributed by atoms with van der Waals surface area (Å²) >= 11 is 3.38. The number of hydrogen-bond acceptors (Lipinski definition) is 1. The van der Waals surface area contributed by atoms with Gasteiger partial charge in [-0.05, 0) is 25.5 Å². The molecule has 1 aromatic carbocycles. The van der Waals surface area contributed by atoms with E-state index in [0.29, 0.717) is 12.1 Å². The largest absolute Gasteiger partial charge is 0.313 e. The number of alkyl halides is 1. The van der Waals surface area contributed by atoms with Gasteiger partial charge >= 0.3 is 0 Å². The van der Waals surface area contributed by atoms with Crippen LogP contribution in [-0.4, -0.2) is 11.9 Å². The van der Waals surface area contributed by atoms with E-state index in [4.69, 9.17) is 0 Å². The average Bonchev–Trinajstić information content (AvgIpc) is 2.33. The fraction of sp³-hybridized carbons (Fsp3) is 0.538. The molecule has 1 rings (SSSR count). The van der Waals surface area contributed by atoms with Gasteiger partial charge in [0.15, 0.2) is 11.6 Å². The Balaban J connectivity index is 2.16. The summed E-state index contributed by atoms with van der Waals surface area (Å²) in [6.45, 7) is 1.24. The highest BCUT2D eigenvalue weighted by Gasteiger charge is 2.06. The molecule has 0 spiro atoms. The first kappa shape index (κ1) is 14.6. The van der Waals surface area contributed by atoms with Crippen LogP contribution in [0, 0.1) is 11.6 Å². The SMILES string of the molecule is Fc1cccc(CNCCCCCCBr)c1F. The Morgan fingerprint density at radius 1 is 1.06 bits per heavy atom. The molecule has 0 fully saturated rings. The highest BCUT2D eigenvalue weighted by Crippen LogP contribution is 2.10. The molecule has 0 saturated carbocycles. The fourth-order valence-corrected chi connectivity index (χ4v) is 2.00. The molecule has 0 radical (unpaired) electrons. The van der Waals surface area contributed by atoms with Crippen molar-refractivity contribution in [2.24, 2.45) is 0 Å². The lowest BCUT2D eigenvalue weighted by molar-refractivity contribution is 0.491. The fourth-order valence-electron chi connectivity index (χ4n) is 1.61. The zero-order chi connectivity index (χ0) is 12.5. The average molecular weight is 306 g/mol. The summed E-state index contributed by atoms with van der Waals surface area (Å²) in [7, 11) is 0. The standard InChI is InChI=1S/C13H18BrF2N/c14-8-3-1-2-4-9-17-10-11-6-5-7-12(15)13(11)16/h5-7,17H,1-4,8-10H2. The number of hydrogen-bond donors (Lipinski definition) is 1. The van der Waals surface area contributed by atoms with Gasteiger partial charge in [-0.1, -0.05) is 40.9 Å². The van der Waals surface area contributed by atoms with Gasteiger partial charge in [-0.25, -0.2) is 8.78 Å². The van der Waals surface area contributed by atoms with Crippen LogP contribution in [-0.2, 0) is 6.54 Å². The highest BCUT2D eigenvalue weighted by molar-refractivity contribution is 9.09. The van der Waals surface area contributed by atoms with E-state index >= 15 is 0 Å². The van der Waals surface area contributed by atoms with E-state index in [1.807, 2.05) is 0 Å². The second kappa shape index (κ2) is 8.59. The predicted molar refractivity (Wildman–Crippen MR) is 70.3 cm³/mol. The minimum atomic E-state index is -0.776. The van der Waals surface area contributed by atoms with Crippen molar-refractivity contribution < 1.29 is 8.78 Å². The van der Waals surface area contributed by atoms with Crippen LogP contribution in [0.4, 0.5) is 8.78 Å². The minimum absolute atomic E-state index is 0.391. The lowest BCUT2D eigenvalue weighted by atomic mass is 10.2. The molecule has 0 atom stereocenters. The molecule has 1 aromatic rings. The second-order valence-corrected chi connectivity index (χ2v) is 4.79.